The van der Waals surface area contributed by atoms with E-state index < -0.39 is 6.04 Å². The molecular weight excluding hydrogens is 154 g/mol. The molecule has 0 aromatic heterocycles. The van der Waals surface area contributed by atoms with Crippen molar-refractivity contribution in [1.82, 2.24) is 5.32 Å². The minimum absolute atomic E-state index is 0.0370. The van der Waals surface area contributed by atoms with Crippen molar-refractivity contribution in [3.63, 3.8) is 0 Å². The predicted molar refractivity (Wildman–Crippen MR) is 45.9 cm³/mol. The van der Waals surface area contributed by atoms with Crippen molar-refractivity contribution in [1.29, 1.82) is 0 Å². The van der Waals surface area contributed by atoms with Gasteiger partial charge in [0.05, 0.1) is 0 Å². The maximum atomic E-state index is 11.2. The van der Waals surface area contributed by atoms with Crippen LogP contribution in [0, 0.1) is 0 Å². The molecule has 0 unspecified atom stereocenters. The van der Waals surface area contributed by atoms with Gasteiger partial charge < -0.3 is 0 Å². The van der Waals surface area contributed by atoms with Crippen LogP contribution in [0.1, 0.15) is 33.6 Å². The lowest BCUT2D eigenvalue weighted by Gasteiger charge is -2.23. The highest BCUT2D eigenvalue weighted by molar-refractivity contribution is 6.12. The zero-order valence-electron chi connectivity index (χ0n) is 7.81. The van der Waals surface area contributed by atoms with Crippen molar-refractivity contribution >= 4 is 11.6 Å². The summed E-state index contributed by atoms with van der Waals surface area (Å²) in [6, 6.07) is -0.537. The van der Waals surface area contributed by atoms with E-state index >= 15 is 0 Å². The monoisotopic (exact) mass is 169 g/mol. The molecule has 1 saturated carbocycles. The van der Waals surface area contributed by atoms with Crippen molar-refractivity contribution in [2.45, 2.75) is 45.2 Å². The van der Waals surface area contributed by atoms with E-state index in [1.807, 2.05) is 20.8 Å². The first kappa shape index (κ1) is 9.39. The molecule has 68 valence electrons. The first-order valence-electron chi connectivity index (χ1n) is 4.23. The van der Waals surface area contributed by atoms with E-state index in [0.29, 0.717) is 12.8 Å². The van der Waals surface area contributed by atoms with Crippen LogP contribution in [0.2, 0.25) is 0 Å². The fourth-order valence-corrected chi connectivity index (χ4v) is 1.31. The van der Waals surface area contributed by atoms with Crippen LogP contribution in [0.15, 0.2) is 0 Å². The third-order valence-corrected chi connectivity index (χ3v) is 1.84. The van der Waals surface area contributed by atoms with Gasteiger partial charge >= 0.3 is 0 Å². The number of hydrogen-bond acceptors (Lipinski definition) is 3. The highest BCUT2D eigenvalue weighted by Crippen LogP contribution is 2.13. The van der Waals surface area contributed by atoms with Gasteiger partial charge in [0.2, 0.25) is 0 Å². The van der Waals surface area contributed by atoms with E-state index in [-0.39, 0.29) is 17.1 Å². The van der Waals surface area contributed by atoms with Gasteiger partial charge in [0.15, 0.2) is 11.6 Å². The molecule has 0 aromatic carbocycles. The minimum atomic E-state index is -0.537. The molecule has 0 aliphatic heterocycles. The highest BCUT2D eigenvalue weighted by Gasteiger charge is 2.34. The summed E-state index contributed by atoms with van der Waals surface area (Å²) >= 11 is 0. The molecule has 3 heteroatoms. The van der Waals surface area contributed by atoms with Crippen molar-refractivity contribution in [3.8, 4) is 0 Å². The molecule has 1 aliphatic rings. The van der Waals surface area contributed by atoms with E-state index in [9.17, 15) is 9.59 Å². The van der Waals surface area contributed by atoms with Crippen LogP contribution in [0.3, 0.4) is 0 Å². The van der Waals surface area contributed by atoms with Crippen LogP contribution in [0.25, 0.3) is 0 Å². The molecule has 0 aromatic rings. The Labute approximate surface area is 72.5 Å². The molecule has 1 fully saturated rings. The molecule has 0 spiro atoms. The van der Waals surface area contributed by atoms with Gasteiger partial charge in [-0.25, -0.2) is 0 Å². The Morgan fingerprint density at radius 2 is 1.58 bits per heavy atom. The van der Waals surface area contributed by atoms with Gasteiger partial charge in [-0.3, -0.25) is 14.9 Å². The molecule has 0 saturated heterocycles. The normalized spacial score (nSPS) is 20.6. The van der Waals surface area contributed by atoms with Crippen LogP contribution < -0.4 is 5.32 Å². The van der Waals surface area contributed by atoms with Crippen LogP contribution >= 0.6 is 0 Å². The van der Waals surface area contributed by atoms with Crippen molar-refractivity contribution in [3.05, 3.63) is 0 Å². The SMILES string of the molecule is CC(C)(C)NC1C(=O)CCC1=O. The third-order valence-electron chi connectivity index (χ3n) is 1.84. The van der Waals surface area contributed by atoms with Gasteiger partial charge in [-0.2, -0.15) is 0 Å². The average molecular weight is 169 g/mol. The fraction of sp³-hybridized carbons (Fsp3) is 0.778. The second kappa shape index (κ2) is 2.98. The van der Waals surface area contributed by atoms with Crippen molar-refractivity contribution < 1.29 is 9.59 Å². The maximum absolute atomic E-state index is 11.2. The zero-order valence-corrected chi connectivity index (χ0v) is 7.81. The summed E-state index contributed by atoms with van der Waals surface area (Å²) in [5, 5.41) is 3.02. The Bertz CT molecular complexity index is 199. The van der Waals surface area contributed by atoms with Gasteiger partial charge in [-0.15, -0.1) is 0 Å². The summed E-state index contributed by atoms with van der Waals surface area (Å²) < 4.78 is 0. The topological polar surface area (TPSA) is 46.2 Å². The second-order valence-corrected chi connectivity index (χ2v) is 4.26. The number of carbonyl (C=O) groups is 2. The molecule has 0 atom stereocenters. The van der Waals surface area contributed by atoms with Crippen LogP contribution in [0.5, 0.6) is 0 Å². The highest BCUT2D eigenvalue weighted by atomic mass is 16.2. The summed E-state index contributed by atoms with van der Waals surface area (Å²) in [7, 11) is 0. The number of carbonyl (C=O) groups excluding carboxylic acids is 2. The standard InChI is InChI=1S/C9H15NO2/c1-9(2,3)10-8-6(11)4-5-7(8)12/h8,10H,4-5H2,1-3H3. The molecule has 1 aliphatic carbocycles. The smallest absolute Gasteiger partial charge is 0.157 e. The molecule has 0 heterocycles. The Morgan fingerprint density at radius 1 is 1.17 bits per heavy atom. The summed E-state index contributed by atoms with van der Waals surface area (Å²) in [6.07, 6.45) is 0.819. The molecule has 3 nitrogen and oxygen atoms in total. The van der Waals surface area contributed by atoms with Gasteiger partial charge in [0.25, 0.3) is 0 Å². The number of rotatable bonds is 1. The lowest BCUT2D eigenvalue weighted by Crippen LogP contribution is -2.48. The van der Waals surface area contributed by atoms with Crippen LogP contribution in [0.4, 0.5) is 0 Å². The van der Waals surface area contributed by atoms with E-state index in [1.54, 1.807) is 0 Å². The maximum Gasteiger partial charge on any atom is 0.157 e. The molecule has 0 radical (unpaired) electrons. The molecule has 1 N–H and O–H groups in total. The van der Waals surface area contributed by atoms with E-state index in [0.717, 1.165) is 0 Å². The molecule has 0 bridgehead atoms. The van der Waals surface area contributed by atoms with Gasteiger partial charge in [0, 0.05) is 18.4 Å². The summed E-state index contributed by atoms with van der Waals surface area (Å²) in [5.74, 6) is 0.0739. The first-order chi connectivity index (χ1) is 5.40. The fourth-order valence-electron chi connectivity index (χ4n) is 1.31. The second-order valence-electron chi connectivity index (χ2n) is 4.26. The summed E-state index contributed by atoms with van der Waals surface area (Å²) in [5.41, 5.74) is -0.166. The summed E-state index contributed by atoms with van der Waals surface area (Å²) in [6.45, 7) is 5.85. The number of Topliss-reactive ketones (excluding diaryl/α,β-unsaturated/α-hetero) is 2. The molecule has 12 heavy (non-hydrogen) atoms. The third kappa shape index (κ3) is 2.14. The van der Waals surface area contributed by atoms with Crippen LogP contribution in [-0.4, -0.2) is 23.1 Å². The number of nitrogens with one attached hydrogen (secondary N) is 1. The predicted octanol–water partition coefficient (Wildman–Crippen LogP) is 0.675. The van der Waals surface area contributed by atoms with Crippen LogP contribution in [-0.2, 0) is 9.59 Å². The van der Waals surface area contributed by atoms with E-state index in [4.69, 9.17) is 0 Å². The Morgan fingerprint density at radius 3 is 1.92 bits per heavy atom. The first-order valence-corrected chi connectivity index (χ1v) is 4.23. The molecular formula is C9H15NO2. The largest absolute Gasteiger partial charge is 0.297 e. The molecule has 1 rings (SSSR count). The quantitative estimate of drug-likeness (QED) is 0.587. The minimum Gasteiger partial charge on any atom is -0.297 e. The van der Waals surface area contributed by atoms with Gasteiger partial charge in [-0.05, 0) is 20.8 Å². The van der Waals surface area contributed by atoms with E-state index in [2.05, 4.69) is 5.32 Å². The van der Waals surface area contributed by atoms with Crippen molar-refractivity contribution in [2.75, 3.05) is 0 Å². The zero-order chi connectivity index (χ0) is 9.35. The average Bonchev–Trinajstić information content (AvgIpc) is 2.16. The lowest BCUT2D eigenvalue weighted by atomic mass is 10.1. The van der Waals surface area contributed by atoms with Gasteiger partial charge in [-0.1, -0.05) is 0 Å². The Balaban J connectivity index is 2.62. The van der Waals surface area contributed by atoms with Gasteiger partial charge in [0.1, 0.15) is 6.04 Å². The summed E-state index contributed by atoms with van der Waals surface area (Å²) in [4.78, 5) is 22.4. The number of ketones is 2. The lowest BCUT2D eigenvalue weighted by molar-refractivity contribution is -0.125. The molecule has 0 amide bonds. The van der Waals surface area contributed by atoms with E-state index in [1.165, 1.54) is 0 Å². The Hall–Kier alpha value is -0.700. The number of hydrogen-bond donors (Lipinski definition) is 1. The van der Waals surface area contributed by atoms with Crippen molar-refractivity contribution in [2.24, 2.45) is 0 Å². The Kier molecular flexibility index (Phi) is 2.33.